The Morgan fingerprint density at radius 1 is 0.651 bits per heavy atom. The van der Waals surface area contributed by atoms with Gasteiger partial charge in [-0.1, -0.05) is 41.9 Å². The number of carbonyl (C=O) groups is 2. The van der Waals surface area contributed by atoms with Crippen molar-refractivity contribution in [2.24, 2.45) is 20.5 Å². The zero-order chi connectivity index (χ0) is 45.9. The van der Waals surface area contributed by atoms with Crippen molar-refractivity contribution >= 4 is 88.5 Å². The molecule has 6 aromatic rings. The van der Waals surface area contributed by atoms with E-state index in [2.05, 4.69) is 46.0 Å². The standard InChI is InChI=1S/C35H25ClN10O14S3/c36-24-11-9-21(62(55,56)57)14-26(24)37-33-39-34(41-35(40-33)46-12-4-7-19(17-46)31(48)49)38-27-15-22(63(58,59)60)16-28(29(27)47)43-45-30(18-5-2-1-3-6-18)44-42-25-13-20(61(52,53)54)8-10-23(25)32(50)51/h1-17,30H,(H7-,37,38,39,40,41,42,43,44,45,47,48,49,50,51,52,53,54,55,56,57,58,59,60)/p+1. The number of halogens is 1. The molecule has 0 aliphatic heterocycles. The first-order valence-corrected chi connectivity index (χ1v) is 21.6. The number of phenols is 1. The zero-order valence-electron chi connectivity index (χ0n) is 31.0. The van der Waals surface area contributed by atoms with Crippen LogP contribution in [0.1, 0.15) is 32.4 Å². The number of aromatic hydroxyl groups is 1. The summed E-state index contributed by atoms with van der Waals surface area (Å²) in [4.78, 5) is 34.1. The molecule has 63 heavy (non-hydrogen) atoms. The fourth-order valence-electron chi connectivity index (χ4n) is 5.18. The van der Waals surface area contributed by atoms with E-state index >= 15 is 0 Å². The first-order chi connectivity index (χ1) is 29.6. The quantitative estimate of drug-likeness (QED) is 0.0265. The van der Waals surface area contributed by atoms with Gasteiger partial charge in [0.2, 0.25) is 6.17 Å². The van der Waals surface area contributed by atoms with E-state index in [0.29, 0.717) is 6.07 Å². The predicted octanol–water partition coefficient (Wildman–Crippen LogP) is 5.70. The lowest BCUT2D eigenvalue weighted by molar-refractivity contribution is -0.603. The van der Waals surface area contributed by atoms with Crippen molar-refractivity contribution < 1.29 is 68.4 Å². The summed E-state index contributed by atoms with van der Waals surface area (Å²) in [7, 11) is -14.6. The number of hydrogen-bond acceptors (Lipinski definition) is 18. The highest BCUT2D eigenvalue weighted by Gasteiger charge is 2.25. The molecule has 2 heterocycles. The van der Waals surface area contributed by atoms with Crippen molar-refractivity contribution in [3.63, 3.8) is 0 Å². The lowest BCUT2D eigenvalue weighted by Gasteiger charge is -2.11. The summed E-state index contributed by atoms with van der Waals surface area (Å²) in [6, 6.07) is 17.2. The molecule has 8 N–H and O–H groups in total. The monoisotopic (exact) mass is 941 g/mol. The van der Waals surface area contributed by atoms with Gasteiger partial charge < -0.3 is 26.0 Å². The molecule has 1 atom stereocenters. The first kappa shape index (κ1) is 45.1. The highest BCUT2D eigenvalue weighted by Crippen LogP contribution is 2.40. The van der Waals surface area contributed by atoms with Crippen molar-refractivity contribution in [1.29, 1.82) is 0 Å². The van der Waals surface area contributed by atoms with Crippen molar-refractivity contribution in [1.82, 2.24) is 15.0 Å². The van der Waals surface area contributed by atoms with E-state index in [-0.39, 0.29) is 27.8 Å². The van der Waals surface area contributed by atoms with Gasteiger partial charge >= 0.3 is 29.8 Å². The lowest BCUT2D eigenvalue weighted by atomic mass is 10.2. The number of carboxylic acid groups (broad SMARTS) is 2. The number of carboxylic acids is 2. The van der Waals surface area contributed by atoms with Crippen molar-refractivity contribution in [2.45, 2.75) is 20.9 Å². The van der Waals surface area contributed by atoms with Crippen LogP contribution < -0.4 is 15.2 Å². The minimum absolute atomic E-state index is 0.0878. The number of hydrogen-bond donors (Lipinski definition) is 8. The van der Waals surface area contributed by atoms with Gasteiger partial charge in [0.25, 0.3) is 30.4 Å². The Hall–Kier alpha value is -7.40. The van der Waals surface area contributed by atoms with Crippen LogP contribution in [0.4, 0.5) is 34.6 Å². The molecule has 0 saturated carbocycles. The molecule has 0 aliphatic carbocycles. The van der Waals surface area contributed by atoms with Crippen molar-refractivity contribution in [3.8, 4) is 11.7 Å². The number of nitrogens with one attached hydrogen (secondary N) is 2. The average molecular weight is 942 g/mol. The number of aromatic nitrogens is 4. The highest BCUT2D eigenvalue weighted by molar-refractivity contribution is 7.86. The van der Waals surface area contributed by atoms with E-state index in [9.17, 15) is 63.8 Å². The van der Waals surface area contributed by atoms with Crippen LogP contribution in [-0.2, 0) is 30.4 Å². The summed E-state index contributed by atoms with van der Waals surface area (Å²) in [5.41, 5.74) is -2.39. The second kappa shape index (κ2) is 17.9. The molecule has 0 bridgehead atoms. The van der Waals surface area contributed by atoms with Gasteiger partial charge in [0, 0.05) is 5.56 Å². The van der Waals surface area contributed by atoms with Gasteiger partial charge in [0.1, 0.15) is 11.4 Å². The molecule has 24 nitrogen and oxygen atoms in total. The van der Waals surface area contributed by atoms with Crippen LogP contribution in [0, 0.1) is 0 Å². The summed E-state index contributed by atoms with van der Waals surface area (Å²) < 4.78 is 102. The predicted molar refractivity (Wildman–Crippen MR) is 216 cm³/mol. The maximum atomic E-state index is 12.5. The van der Waals surface area contributed by atoms with Crippen LogP contribution in [0.25, 0.3) is 5.95 Å². The first-order valence-electron chi connectivity index (χ1n) is 16.9. The average Bonchev–Trinajstić information content (AvgIpc) is 3.21. The minimum Gasteiger partial charge on any atom is -0.504 e. The molecule has 6 rings (SSSR count). The molecule has 1 unspecified atom stereocenters. The SMILES string of the molecule is O=C(O)c1ccc[n+](-c2nc(Nc3cc(S(=O)(=O)O)ccc3Cl)nc(Nc3cc(S(=O)(=O)O)cc(N=NC(N=Nc4cc(S(=O)(=O)O)ccc4C(=O)O)c4ccccc4)c3O)n2)c1. The number of pyridine rings is 1. The molecule has 324 valence electrons. The molecule has 0 saturated heterocycles. The molecule has 0 spiro atoms. The third kappa shape index (κ3) is 11.1. The second-order valence-corrected chi connectivity index (χ2v) is 17.1. The number of aromatic carboxylic acids is 2. The Labute approximate surface area is 359 Å². The molecule has 0 amide bonds. The van der Waals surface area contributed by atoms with Crippen LogP contribution in [0.3, 0.4) is 0 Å². The van der Waals surface area contributed by atoms with Gasteiger partial charge in [-0.25, -0.2) is 14.2 Å². The fraction of sp³-hybridized carbons (Fsp3) is 0.0286. The van der Waals surface area contributed by atoms with Crippen LogP contribution >= 0.6 is 11.6 Å². The van der Waals surface area contributed by atoms with Crippen LogP contribution in [0.5, 0.6) is 5.75 Å². The fourth-order valence-corrected chi connectivity index (χ4v) is 6.88. The van der Waals surface area contributed by atoms with Crippen LogP contribution in [0.15, 0.2) is 139 Å². The number of phenolic OH excluding ortho intramolecular Hbond substituents is 1. The smallest absolute Gasteiger partial charge is 0.444 e. The third-order valence-electron chi connectivity index (χ3n) is 8.14. The Morgan fingerprint density at radius 3 is 1.81 bits per heavy atom. The molecular weight excluding hydrogens is 916 g/mol. The molecule has 0 radical (unpaired) electrons. The molecule has 2 aromatic heterocycles. The molecule has 4 aromatic carbocycles. The Bertz CT molecular complexity index is 3220. The van der Waals surface area contributed by atoms with Gasteiger partial charge in [-0.3, -0.25) is 13.7 Å². The van der Waals surface area contributed by atoms with E-state index in [1.54, 1.807) is 18.2 Å². The molecule has 0 fully saturated rings. The topological polar surface area (TPSA) is 374 Å². The van der Waals surface area contributed by atoms with Gasteiger partial charge in [-0.05, 0) is 70.6 Å². The summed E-state index contributed by atoms with van der Waals surface area (Å²) in [6.45, 7) is 0. The summed E-state index contributed by atoms with van der Waals surface area (Å²) in [5, 5.41) is 51.6. The number of azo groups is 2. The lowest BCUT2D eigenvalue weighted by Crippen LogP contribution is -2.34. The molecule has 0 aliphatic rings. The second-order valence-electron chi connectivity index (χ2n) is 12.4. The number of anilines is 4. The van der Waals surface area contributed by atoms with E-state index in [1.807, 2.05) is 0 Å². The van der Waals surface area contributed by atoms with Crippen LogP contribution in [-0.4, -0.2) is 81.1 Å². The van der Waals surface area contributed by atoms with E-state index < -0.39 is 103 Å². The zero-order valence-corrected chi connectivity index (χ0v) is 34.2. The van der Waals surface area contributed by atoms with Gasteiger partial charge in [0.15, 0.2) is 5.75 Å². The normalized spacial score (nSPS) is 12.6. The number of benzene rings is 4. The van der Waals surface area contributed by atoms with Gasteiger partial charge in [-0.15, -0.1) is 10.1 Å². The Morgan fingerprint density at radius 2 is 1.21 bits per heavy atom. The van der Waals surface area contributed by atoms with Crippen LogP contribution in [0.2, 0.25) is 5.02 Å². The summed E-state index contributed by atoms with van der Waals surface area (Å²) in [6.07, 6.45) is 0.946. The highest BCUT2D eigenvalue weighted by atomic mass is 35.5. The van der Waals surface area contributed by atoms with E-state index in [0.717, 1.165) is 53.2 Å². The van der Waals surface area contributed by atoms with Gasteiger partial charge in [-0.2, -0.15) is 40.6 Å². The van der Waals surface area contributed by atoms with E-state index in [4.69, 9.17) is 11.6 Å². The largest absolute Gasteiger partial charge is 0.504 e. The summed E-state index contributed by atoms with van der Waals surface area (Å²) in [5.74, 6) is -4.98. The number of rotatable bonds is 15. The summed E-state index contributed by atoms with van der Waals surface area (Å²) >= 11 is 6.26. The van der Waals surface area contributed by atoms with Crippen molar-refractivity contribution in [2.75, 3.05) is 10.6 Å². The molecule has 28 heteroatoms. The number of nitrogens with zero attached hydrogens (tertiary/aromatic N) is 8. The minimum atomic E-state index is -5.09. The molecular formula is C35H26ClN10O14S3+. The maximum absolute atomic E-state index is 12.5. The third-order valence-corrected chi connectivity index (χ3v) is 11.0. The van der Waals surface area contributed by atoms with E-state index in [1.165, 1.54) is 30.5 Å². The maximum Gasteiger partial charge on any atom is 0.444 e. The van der Waals surface area contributed by atoms with Crippen molar-refractivity contribution in [3.05, 3.63) is 125 Å². The van der Waals surface area contributed by atoms with Gasteiger partial charge in [0.05, 0.1) is 54.6 Å². The Balaban J connectivity index is 1.46. The Kier molecular flexibility index (Phi) is 12.8.